The van der Waals surface area contributed by atoms with E-state index >= 15 is 0 Å². The zero-order valence-corrected chi connectivity index (χ0v) is 13.3. The zero-order chi connectivity index (χ0) is 14.1. The topological polar surface area (TPSA) is 73.4 Å². The second-order valence-corrected chi connectivity index (χ2v) is 6.49. The molecule has 2 aliphatic heterocycles. The predicted molar refractivity (Wildman–Crippen MR) is 85.9 cm³/mol. The van der Waals surface area contributed by atoms with Crippen molar-refractivity contribution < 1.29 is 9.90 Å². The summed E-state index contributed by atoms with van der Waals surface area (Å²) in [6.45, 7) is 1.29. The maximum absolute atomic E-state index is 12.2. The molecule has 0 bridgehead atoms. The van der Waals surface area contributed by atoms with Gasteiger partial charge in [-0.05, 0) is 43.1 Å². The van der Waals surface area contributed by atoms with Crippen molar-refractivity contribution in [1.82, 2.24) is 4.98 Å². The summed E-state index contributed by atoms with van der Waals surface area (Å²) in [6.07, 6.45) is 3.38. The van der Waals surface area contributed by atoms with Crippen LogP contribution < -0.4 is 10.5 Å². The van der Waals surface area contributed by atoms with Crippen molar-refractivity contribution in [2.75, 3.05) is 23.7 Å². The van der Waals surface area contributed by atoms with Gasteiger partial charge < -0.3 is 15.0 Å². The third kappa shape index (κ3) is 3.37. The minimum Gasteiger partial charge on any atom is -0.481 e. The Bertz CT molecular complexity index is 582. The number of piperidine rings is 1. The lowest BCUT2D eigenvalue weighted by Gasteiger charge is -2.32. The minimum atomic E-state index is -0.722. The summed E-state index contributed by atoms with van der Waals surface area (Å²) >= 11 is 1.71. The van der Waals surface area contributed by atoms with Crippen molar-refractivity contribution >= 4 is 35.8 Å². The number of anilines is 1. The summed E-state index contributed by atoms with van der Waals surface area (Å²) in [6, 6.07) is 2.00. The van der Waals surface area contributed by atoms with E-state index in [9.17, 15) is 9.59 Å². The van der Waals surface area contributed by atoms with Gasteiger partial charge in [-0.2, -0.15) is 0 Å². The fourth-order valence-electron chi connectivity index (χ4n) is 2.90. The van der Waals surface area contributed by atoms with Gasteiger partial charge in [-0.15, -0.1) is 24.2 Å². The molecule has 0 aromatic carbocycles. The van der Waals surface area contributed by atoms with E-state index in [0.717, 1.165) is 23.6 Å². The molecule has 21 heavy (non-hydrogen) atoms. The number of aromatic nitrogens is 1. The number of pyridine rings is 1. The smallest absolute Gasteiger partial charge is 0.306 e. The summed E-state index contributed by atoms with van der Waals surface area (Å²) in [4.78, 5) is 28.1. The Labute approximate surface area is 133 Å². The van der Waals surface area contributed by atoms with E-state index < -0.39 is 5.97 Å². The number of aryl methyl sites for hydroxylation is 1. The molecule has 0 unspecified atom stereocenters. The lowest BCUT2D eigenvalue weighted by molar-refractivity contribution is -0.142. The van der Waals surface area contributed by atoms with E-state index in [-0.39, 0.29) is 23.9 Å². The fourth-order valence-corrected chi connectivity index (χ4v) is 3.90. The van der Waals surface area contributed by atoms with Crippen molar-refractivity contribution in [3.05, 3.63) is 22.0 Å². The van der Waals surface area contributed by atoms with E-state index in [1.54, 1.807) is 11.8 Å². The number of carbonyl (C=O) groups is 1. The van der Waals surface area contributed by atoms with Gasteiger partial charge in [0.15, 0.2) is 0 Å². The number of carboxylic acids is 1. The molecule has 116 valence electrons. The molecule has 0 atom stereocenters. The number of H-pyrrole nitrogens is 1. The molecule has 5 nitrogen and oxygen atoms in total. The van der Waals surface area contributed by atoms with Crippen molar-refractivity contribution in [3.63, 3.8) is 0 Å². The van der Waals surface area contributed by atoms with E-state index in [0.29, 0.717) is 31.6 Å². The van der Waals surface area contributed by atoms with Gasteiger partial charge in [0.05, 0.1) is 10.9 Å². The summed E-state index contributed by atoms with van der Waals surface area (Å²) in [7, 11) is 0. The Morgan fingerprint density at radius 3 is 2.76 bits per heavy atom. The highest BCUT2D eigenvalue weighted by molar-refractivity contribution is 7.99. The fraction of sp³-hybridized carbons (Fsp3) is 0.571. The molecule has 2 aliphatic rings. The van der Waals surface area contributed by atoms with Crippen LogP contribution in [-0.2, 0) is 11.2 Å². The van der Waals surface area contributed by atoms with Crippen molar-refractivity contribution in [3.8, 4) is 0 Å². The number of nitrogens with one attached hydrogen (secondary N) is 1. The summed E-state index contributed by atoms with van der Waals surface area (Å²) in [5, 5.41) is 10.0. The van der Waals surface area contributed by atoms with Crippen LogP contribution in [0.15, 0.2) is 15.9 Å². The highest BCUT2D eigenvalue weighted by atomic mass is 35.5. The average molecular weight is 331 g/mol. The molecule has 1 aromatic heterocycles. The van der Waals surface area contributed by atoms with Crippen LogP contribution >= 0.6 is 24.2 Å². The molecule has 0 radical (unpaired) electrons. The van der Waals surface area contributed by atoms with Crippen LogP contribution in [0, 0.1) is 5.92 Å². The average Bonchev–Trinajstić information content (AvgIpc) is 2.46. The molecule has 2 N–H and O–H groups in total. The Hall–Kier alpha value is -1.14. The number of aliphatic carboxylic acids is 1. The normalized spacial score (nSPS) is 18.8. The van der Waals surface area contributed by atoms with E-state index in [4.69, 9.17) is 5.11 Å². The monoisotopic (exact) mass is 330 g/mol. The van der Waals surface area contributed by atoms with Gasteiger partial charge in [0.1, 0.15) is 5.69 Å². The van der Waals surface area contributed by atoms with Crippen LogP contribution in [0.25, 0.3) is 0 Å². The molecular weight excluding hydrogens is 312 g/mol. The van der Waals surface area contributed by atoms with Gasteiger partial charge in [0.2, 0.25) is 0 Å². The first-order valence-corrected chi connectivity index (χ1v) is 8.00. The summed E-state index contributed by atoms with van der Waals surface area (Å²) < 4.78 is 0. The molecule has 1 fully saturated rings. The minimum absolute atomic E-state index is 0. The molecular formula is C14H19ClN2O3S. The van der Waals surface area contributed by atoms with E-state index in [1.807, 2.05) is 11.0 Å². The van der Waals surface area contributed by atoms with Crippen LogP contribution in [0.3, 0.4) is 0 Å². The number of hydrogen-bond acceptors (Lipinski definition) is 4. The van der Waals surface area contributed by atoms with Gasteiger partial charge in [-0.1, -0.05) is 0 Å². The van der Waals surface area contributed by atoms with Crippen molar-refractivity contribution in [2.24, 2.45) is 5.92 Å². The number of hydrogen-bond donors (Lipinski definition) is 2. The van der Waals surface area contributed by atoms with Gasteiger partial charge in [0, 0.05) is 13.1 Å². The Balaban J connectivity index is 0.00000161. The van der Waals surface area contributed by atoms with Gasteiger partial charge in [-0.25, -0.2) is 0 Å². The maximum Gasteiger partial charge on any atom is 0.306 e. The van der Waals surface area contributed by atoms with E-state index in [2.05, 4.69) is 4.98 Å². The molecule has 3 rings (SSSR count). The lowest BCUT2D eigenvalue weighted by Crippen LogP contribution is -2.39. The highest BCUT2D eigenvalue weighted by Gasteiger charge is 2.26. The summed E-state index contributed by atoms with van der Waals surface area (Å²) in [5.41, 5.74) is 1.87. The number of carboxylic acid groups (broad SMARTS) is 1. The van der Waals surface area contributed by atoms with Gasteiger partial charge >= 0.3 is 5.97 Å². The second kappa shape index (κ2) is 6.75. The van der Waals surface area contributed by atoms with Crippen LogP contribution in [0.5, 0.6) is 0 Å². The third-order valence-electron chi connectivity index (χ3n) is 4.08. The van der Waals surface area contributed by atoms with Crippen molar-refractivity contribution in [2.45, 2.75) is 30.7 Å². The van der Waals surface area contributed by atoms with Crippen LogP contribution in [0.2, 0.25) is 0 Å². The number of aromatic amines is 1. The molecule has 1 saturated heterocycles. The lowest BCUT2D eigenvalue weighted by atomic mass is 9.96. The predicted octanol–water partition coefficient (Wildman–Crippen LogP) is 2.14. The molecule has 3 heterocycles. The SMILES string of the molecule is Cl.O=C(O)C1CCN(c2cc3c([nH]c2=O)SCCC3)CC1. The molecule has 0 saturated carbocycles. The first-order chi connectivity index (χ1) is 9.65. The number of thioether (sulfide) groups is 1. The Morgan fingerprint density at radius 2 is 2.10 bits per heavy atom. The van der Waals surface area contributed by atoms with Crippen LogP contribution in [-0.4, -0.2) is 34.9 Å². The van der Waals surface area contributed by atoms with Crippen LogP contribution in [0.1, 0.15) is 24.8 Å². The molecule has 0 spiro atoms. The quantitative estimate of drug-likeness (QED) is 0.869. The number of fused-ring (bicyclic) bond motifs is 1. The molecule has 1 aromatic rings. The van der Waals surface area contributed by atoms with Gasteiger partial charge in [0.25, 0.3) is 5.56 Å². The number of nitrogens with zero attached hydrogens (tertiary/aromatic N) is 1. The molecule has 0 aliphatic carbocycles. The number of rotatable bonds is 2. The summed E-state index contributed by atoms with van der Waals surface area (Å²) in [5.74, 6) is 0.0747. The highest BCUT2D eigenvalue weighted by Crippen LogP contribution is 2.30. The second-order valence-electron chi connectivity index (χ2n) is 5.39. The Kier molecular flexibility index (Phi) is 5.22. The molecule has 7 heteroatoms. The largest absolute Gasteiger partial charge is 0.481 e. The maximum atomic E-state index is 12.2. The third-order valence-corrected chi connectivity index (χ3v) is 5.23. The zero-order valence-electron chi connectivity index (χ0n) is 11.6. The van der Waals surface area contributed by atoms with Crippen molar-refractivity contribution in [1.29, 1.82) is 0 Å². The molecule has 0 amide bonds. The Morgan fingerprint density at radius 1 is 1.38 bits per heavy atom. The first-order valence-electron chi connectivity index (χ1n) is 7.02. The first kappa shape index (κ1) is 16.2. The van der Waals surface area contributed by atoms with E-state index in [1.165, 1.54) is 5.56 Å². The standard InChI is InChI=1S/C14H18N2O3S.ClH/c17-12-11(8-10-2-1-7-20-13(10)15-12)16-5-3-9(4-6-16)14(18)19;/h8-9H,1-7H2,(H,15,17)(H,18,19);1H. The number of halogens is 1. The van der Waals surface area contributed by atoms with Gasteiger partial charge in [-0.3, -0.25) is 9.59 Å². The van der Waals surface area contributed by atoms with Crippen LogP contribution in [0.4, 0.5) is 5.69 Å².